The Kier molecular flexibility index (Phi) is 5.62. The van der Waals surface area contributed by atoms with E-state index in [4.69, 9.17) is 4.74 Å². The molecular formula is C20H24O. The molecule has 1 atom stereocenters. The summed E-state index contributed by atoms with van der Waals surface area (Å²) in [4.78, 5) is 0. The maximum absolute atomic E-state index is 5.88. The van der Waals surface area contributed by atoms with E-state index >= 15 is 0 Å². The number of allylic oxidation sites excluding steroid dienone is 1. The number of hydrogen-bond acceptors (Lipinski definition) is 1. The molecule has 1 unspecified atom stereocenters. The Hall–Kier alpha value is -2.02. The molecular weight excluding hydrogens is 256 g/mol. The summed E-state index contributed by atoms with van der Waals surface area (Å²) >= 11 is 0. The van der Waals surface area contributed by atoms with Crippen molar-refractivity contribution < 1.29 is 4.74 Å². The lowest BCUT2D eigenvalue weighted by Crippen LogP contribution is -2.00. The highest BCUT2D eigenvalue weighted by atomic mass is 16.5. The molecule has 2 aromatic rings. The first-order chi connectivity index (χ1) is 10.2. The maximum Gasteiger partial charge on any atom is 0.120 e. The first-order valence-electron chi connectivity index (χ1n) is 7.62. The van der Waals surface area contributed by atoms with Crippen LogP contribution in [0.5, 0.6) is 5.75 Å². The molecule has 2 aromatic carbocycles. The minimum atomic E-state index is 0.561. The monoisotopic (exact) mass is 280 g/mol. The Labute approximate surface area is 128 Å². The van der Waals surface area contributed by atoms with Crippen molar-refractivity contribution in [3.8, 4) is 5.75 Å². The van der Waals surface area contributed by atoms with Gasteiger partial charge in [-0.25, -0.2) is 0 Å². The number of ether oxygens (including phenoxy) is 1. The van der Waals surface area contributed by atoms with Crippen molar-refractivity contribution in [2.75, 3.05) is 0 Å². The van der Waals surface area contributed by atoms with Gasteiger partial charge in [0.05, 0.1) is 0 Å². The largest absolute Gasteiger partial charge is 0.489 e. The fourth-order valence-electron chi connectivity index (χ4n) is 2.65. The third kappa shape index (κ3) is 4.22. The van der Waals surface area contributed by atoms with Gasteiger partial charge < -0.3 is 4.74 Å². The molecule has 0 aromatic heterocycles. The Morgan fingerprint density at radius 1 is 1.14 bits per heavy atom. The van der Waals surface area contributed by atoms with Gasteiger partial charge >= 0.3 is 0 Å². The summed E-state index contributed by atoms with van der Waals surface area (Å²) in [6, 6.07) is 16.7. The van der Waals surface area contributed by atoms with Crippen LogP contribution in [0.4, 0.5) is 0 Å². The van der Waals surface area contributed by atoms with Crippen LogP contribution < -0.4 is 4.74 Å². The SMILES string of the molecule is C=CCC(CC)c1ccc(OCc2ccccc2)cc1C. The average molecular weight is 280 g/mol. The smallest absolute Gasteiger partial charge is 0.120 e. The Bertz CT molecular complexity index is 572. The van der Waals surface area contributed by atoms with Gasteiger partial charge in [-0.2, -0.15) is 0 Å². The van der Waals surface area contributed by atoms with Crippen LogP contribution in [0.1, 0.15) is 42.4 Å². The number of aryl methyl sites for hydroxylation is 1. The summed E-state index contributed by atoms with van der Waals surface area (Å²) in [7, 11) is 0. The summed E-state index contributed by atoms with van der Waals surface area (Å²) in [6.45, 7) is 8.87. The van der Waals surface area contributed by atoms with Crippen LogP contribution in [0, 0.1) is 6.92 Å². The zero-order chi connectivity index (χ0) is 15.1. The van der Waals surface area contributed by atoms with Gasteiger partial charge in [-0.1, -0.05) is 49.4 Å². The van der Waals surface area contributed by atoms with Gasteiger partial charge in [0.1, 0.15) is 12.4 Å². The van der Waals surface area contributed by atoms with Gasteiger partial charge in [0.2, 0.25) is 0 Å². The molecule has 2 rings (SSSR count). The van der Waals surface area contributed by atoms with E-state index in [1.54, 1.807) is 0 Å². The molecule has 0 fully saturated rings. The van der Waals surface area contributed by atoms with Crippen LogP contribution in [0.3, 0.4) is 0 Å². The molecule has 21 heavy (non-hydrogen) atoms. The molecule has 0 aliphatic carbocycles. The third-order valence-electron chi connectivity index (χ3n) is 3.87. The van der Waals surface area contributed by atoms with Gasteiger partial charge in [-0.15, -0.1) is 6.58 Å². The van der Waals surface area contributed by atoms with Crippen molar-refractivity contribution in [1.82, 2.24) is 0 Å². The second-order valence-electron chi connectivity index (χ2n) is 5.42. The zero-order valence-electron chi connectivity index (χ0n) is 13.0. The fourth-order valence-corrected chi connectivity index (χ4v) is 2.65. The molecule has 0 saturated carbocycles. The molecule has 1 nitrogen and oxygen atoms in total. The summed E-state index contributed by atoms with van der Waals surface area (Å²) in [6.07, 6.45) is 4.17. The molecule has 0 spiro atoms. The Balaban J connectivity index is 2.06. The molecule has 0 amide bonds. The number of hydrogen-bond donors (Lipinski definition) is 0. The summed E-state index contributed by atoms with van der Waals surface area (Å²) in [5.41, 5.74) is 3.90. The normalized spacial score (nSPS) is 11.9. The van der Waals surface area contributed by atoms with Crippen LogP contribution in [0.25, 0.3) is 0 Å². The van der Waals surface area contributed by atoms with E-state index in [1.165, 1.54) is 16.7 Å². The van der Waals surface area contributed by atoms with E-state index in [0.29, 0.717) is 12.5 Å². The van der Waals surface area contributed by atoms with E-state index in [0.717, 1.165) is 18.6 Å². The van der Waals surface area contributed by atoms with Crippen LogP contribution >= 0.6 is 0 Å². The molecule has 0 N–H and O–H groups in total. The van der Waals surface area contributed by atoms with Crippen molar-refractivity contribution in [2.24, 2.45) is 0 Å². The lowest BCUT2D eigenvalue weighted by Gasteiger charge is -2.17. The van der Waals surface area contributed by atoms with Crippen molar-refractivity contribution in [3.05, 3.63) is 77.9 Å². The molecule has 0 aliphatic rings. The second kappa shape index (κ2) is 7.68. The van der Waals surface area contributed by atoms with E-state index in [1.807, 2.05) is 24.3 Å². The predicted molar refractivity (Wildman–Crippen MR) is 89.8 cm³/mol. The highest BCUT2D eigenvalue weighted by molar-refractivity contribution is 5.37. The lowest BCUT2D eigenvalue weighted by atomic mass is 9.90. The molecule has 0 heterocycles. The van der Waals surface area contributed by atoms with E-state index in [2.05, 4.69) is 50.8 Å². The summed E-state index contributed by atoms with van der Waals surface area (Å²) < 4.78 is 5.88. The zero-order valence-corrected chi connectivity index (χ0v) is 13.0. The van der Waals surface area contributed by atoms with Gasteiger partial charge in [0, 0.05) is 0 Å². The Morgan fingerprint density at radius 3 is 2.52 bits per heavy atom. The summed E-state index contributed by atoms with van der Waals surface area (Å²) in [5, 5.41) is 0. The topological polar surface area (TPSA) is 9.23 Å². The first-order valence-corrected chi connectivity index (χ1v) is 7.62. The molecule has 0 aliphatic heterocycles. The summed E-state index contributed by atoms with van der Waals surface area (Å²) in [5.74, 6) is 1.50. The highest BCUT2D eigenvalue weighted by Crippen LogP contribution is 2.29. The number of benzene rings is 2. The molecule has 0 radical (unpaired) electrons. The number of rotatable bonds is 7. The standard InChI is InChI=1S/C20H24O/c1-4-9-18(5-2)20-13-12-19(14-16(20)3)21-15-17-10-7-6-8-11-17/h4,6-8,10-14,18H,1,5,9,15H2,2-3H3. The van der Waals surface area contributed by atoms with Gasteiger partial charge in [0.15, 0.2) is 0 Å². The maximum atomic E-state index is 5.88. The van der Waals surface area contributed by atoms with Crippen LogP contribution in [0.2, 0.25) is 0 Å². The van der Waals surface area contributed by atoms with Gasteiger partial charge in [-0.3, -0.25) is 0 Å². The third-order valence-corrected chi connectivity index (χ3v) is 3.87. The highest BCUT2D eigenvalue weighted by Gasteiger charge is 2.11. The van der Waals surface area contributed by atoms with Crippen molar-refractivity contribution in [1.29, 1.82) is 0 Å². The van der Waals surface area contributed by atoms with Crippen molar-refractivity contribution >= 4 is 0 Å². The van der Waals surface area contributed by atoms with Crippen LogP contribution in [-0.2, 0) is 6.61 Å². The fraction of sp³-hybridized carbons (Fsp3) is 0.300. The Morgan fingerprint density at radius 2 is 1.90 bits per heavy atom. The quantitative estimate of drug-likeness (QED) is 0.596. The molecule has 110 valence electrons. The minimum absolute atomic E-state index is 0.561. The van der Waals surface area contributed by atoms with Crippen molar-refractivity contribution in [3.63, 3.8) is 0 Å². The minimum Gasteiger partial charge on any atom is -0.489 e. The first kappa shape index (κ1) is 15.4. The predicted octanol–water partition coefficient (Wildman–Crippen LogP) is 5.64. The van der Waals surface area contributed by atoms with Gasteiger partial charge in [0.25, 0.3) is 0 Å². The van der Waals surface area contributed by atoms with Gasteiger partial charge in [-0.05, 0) is 54.5 Å². The van der Waals surface area contributed by atoms with Crippen LogP contribution in [0.15, 0.2) is 61.2 Å². The van der Waals surface area contributed by atoms with Crippen LogP contribution in [-0.4, -0.2) is 0 Å². The molecule has 0 bridgehead atoms. The van der Waals surface area contributed by atoms with E-state index < -0.39 is 0 Å². The van der Waals surface area contributed by atoms with E-state index in [-0.39, 0.29) is 0 Å². The van der Waals surface area contributed by atoms with Crippen molar-refractivity contribution in [2.45, 2.75) is 39.2 Å². The lowest BCUT2D eigenvalue weighted by molar-refractivity contribution is 0.306. The molecule has 1 heteroatoms. The second-order valence-corrected chi connectivity index (χ2v) is 5.42. The van der Waals surface area contributed by atoms with E-state index in [9.17, 15) is 0 Å². The average Bonchev–Trinajstić information content (AvgIpc) is 2.52. The molecule has 0 saturated heterocycles.